The Bertz CT molecular complexity index is 834. The van der Waals surface area contributed by atoms with Crippen LogP contribution in [-0.4, -0.2) is 28.4 Å². The fraction of sp³-hybridized carbons (Fsp3) is 0.606. The van der Waals surface area contributed by atoms with E-state index in [1.807, 2.05) is 0 Å². The van der Waals surface area contributed by atoms with E-state index in [4.69, 9.17) is 12.6 Å². The van der Waals surface area contributed by atoms with Gasteiger partial charge in [-0.2, -0.15) is 12.6 Å². The second-order valence-electron chi connectivity index (χ2n) is 11.3. The van der Waals surface area contributed by atoms with Crippen LogP contribution in [0.3, 0.4) is 0 Å². The predicted molar refractivity (Wildman–Crippen MR) is 168 cm³/mol. The van der Waals surface area contributed by atoms with Crippen molar-refractivity contribution in [2.75, 3.05) is 6.54 Å². The summed E-state index contributed by atoms with van der Waals surface area (Å²) in [6.45, 7) is 19.6. The number of rotatable bonds is 18. The Morgan fingerprint density at radius 2 is 1.03 bits per heavy atom. The standard InChI is InChI=1S/C33H55NO2S/c1-25(2)13-10-16-28(7)19-22-33(37,23-20-29(8)17-11-14-26(3)4)31(32(35)36)34-24-21-30(9)18-12-15-27(5)6/h13-15,19-21,31,34,37H,10-12,16-18,22-24H2,1-9H3,(H,35,36)/b28-19+,29-20+,30-21+/t31-/m1/s1. The van der Waals surface area contributed by atoms with E-state index in [2.05, 4.69) is 104 Å². The fourth-order valence-corrected chi connectivity index (χ4v) is 4.34. The van der Waals surface area contributed by atoms with Crippen molar-refractivity contribution in [2.24, 2.45) is 0 Å². The number of thiol groups is 1. The molecule has 0 aromatic heterocycles. The van der Waals surface area contributed by atoms with E-state index >= 15 is 0 Å². The molecule has 0 saturated heterocycles. The van der Waals surface area contributed by atoms with Crippen molar-refractivity contribution < 1.29 is 9.90 Å². The van der Waals surface area contributed by atoms with Gasteiger partial charge in [0.25, 0.3) is 0 Å². The van der Waals surface area contributed by atoms with E-state index in [9.17, 15) is 9.90 Å². The van der Waals surface area contributed by atoms with Gasteiger partial charge >= 0.3 is 5.97 Å². The summed E-state index contributed by atoms with van der Waals surface area (Å²) in [6, 6.07) is -0.763. The Labute approximate surface area is 234 Å². The molecule has 2 N–H and O–H groups in total. The maximum atomic E-state index is 12.5. The van der Waals surface area contributed by atoms with Gasteiger partial charge in [-0.15, -0.1) is 0 Å². The van der Waals surface area contributed by atoms with Gasteiger partial charge in [0, 0.05) is 11.3 Å². The first-order valence-corrected chi connectivity index (χ1v) is 14.3. The summed E-state index contributed by atoms with van der Waals surface area (Å²) in [4.78, 5) is 12.5. The van der Waals surface area contributed by atoms with Gasteiger partial charge in [0.05, 0.1) is 0 Å². The molecule has 0 saturated carbocycles. The second-order valence-corrected chi connectivity index (χ2v) is 12.2. The van der Waals surface area contributed by atoms with E-state index in [0.717, 1.165) is 38.5 Å². The first-order valence-electron chi connectivity index (χ1n) is 13.8. The Balaban J connectivity index is 5.67. The van der Waals surface area contributed by atoms with Crippen LogP contribution in [0.2, 0.25) is 0 Å². The van der Waals surface area contributed by atoms with Crippen LogP contribution < -0.4 is 5.32 Å². The molecule has 0 unspecified atom stereocenters. The topological polar surface area (TPSA) is 49.3 Å². The lowest BCUT2D eigenvalue weighted by molar-refractivity contribution is -0.140. The van der Waals surface area contributed by atoms with Crippen LogP contribution >= 0.6 is 12.6 Å². The highest BCUT2D eigenvalue weighted by Crippen LogP contribution is 2.32. The number of carbonyl (C=O) groups is 1. The number of hydrogen-bond acceptors (Lipinski definition) is 3. The molecule has 3 nitrogen and oxygen atoms in total. The summed E-state index contributed by atoms with van der Waals surface area (Å²) in [5.74, 6) is -0.850. The minimum absolute atomic E-state index is 0.520. The summed E-state index contributed by atoms with van der Waals surface area (Å²) in [5, 5.41) is 13.5. The average Bonchev–Trinajstić information content (AvgIpc) is 2.78. The van der Waals surface area contributed by atoms with Crippen LogP contribution in [0.15, 0.2) is 69.9 Å². The summed E-state index contributed by atoms with van der Waals surface area (Å²) >= 11 is 5.07. The molecule has 0 bridgehead atoms. The van der Waals surface area contributed by atoms with Gasteiger partial charge in [-0.3, -0.25) is 10.1 Å². The maximum Gasteiger partial charge on any atom is 0.322 e. The predicted octanol–water partition coefficient (Wildman–Crippen LogP) is 9.56. The number of hydrogen-bond donors (Lipinski definition) is 3. The van der Waals surface area contributed by atoms with Crippen molar-refractivity contribution >= 4 is 18.6 Å². The molecule has 0 aromatic rings. The van der Waals surface area contributed by atoms with Gasteiger partial charge in [-0.05, 0) is 114 Å². The molecule has 210 valence electrons. The van der Waals surface area contributed by atoms with Gasteiger partial charge in [0.2, 0.25) is 0 Å². The number of carboxylic acid groups (broad SMARTS) is 1. The van der Waals surface area contributed by atoms with Crippen molar-refractivity contribution in [3.05, 3.63) is 69.9 Å². The lowest BCUT2D eigenvalue weighted by atomic mass is 9.88. The number of aliphatic carboxylic acids is 1. The van der Waals surface area contributed by atoms with E-state index < -0.39 is 16.8 Å². The minimum atomic E-state index is -0.850. The average molecular weight is 530 g/mol. The third-order valence-electron chi connectivity index (χ3n) is 6.44. The molecular weight excluding hydrogens is 474 g/mol. The largest absolute Gasteiger partial charge is 0.480 e. The van der Waals surface area contributed by atoms with Crippen molar-refractivity contribution in [1.29, 1.82) is 0 Å². The SMILES string of the molecule is CC(C)=CCC/C(C)=C/CN[C@H](C(=O)O)C(S)(C/C=C(\C)CCC=C(C)C)C/C=C(\C)CCC=C(C)C. The summed E-state index contributed by atoms with van der Waals surface area (Å²) in [6.07, 6.45) is 20.4. The third-order valence-corrected chi connectivity index (χ3v) is 7.06. The highest BCUT2D eigenvalue weighted by Gasteiger charge is 2.38. The monoisotopic (exact) mass is 529 g/mol. The number of nitrogens with one attached hydrogen (secondary N) is 1. The molecule has 0 fully saturated rings. The van der Waals surface area contributed by atoms with Crippen molar-refractivity contribution in [2.45, 2.75) is 124 Å². The molecule has 0 aliphatic rings. The Morgan fingerprint density at radius 1 is 0.676 bits per heavy atom. The van der Waals surface area contributed by atoms with Crippen LogP contribution in [0.5, 0.6) is 0 Å². The van der Waals surface area contributed by atoms with Crippen molar-refractivity contribution in [1.82, 2.24) is 5.32 Å². The van der Waals surface area contributed by atoms with E-state index in [1.54, 1.807) is 0 Å². The quantitative estimate of drug-likeness (QED) is 0.122. The van der Waals surface area contributed by atoms with Gasteiger partial charge in [0.1, 0.15) is 6.04 Å². The fourth-order valence-electron chi connectivity index (χ4n) is 3.95. The van der Waals surface area contributed by atoms with Crippen LogP contribution in [0.1, 0.15) is 114 Å². The molecule has 0 aliphatic carbocycles. The molecule has 0 amide bonds. The molecule has 0 spiro atoms. The van der Waals surface area contributed by atoms with Crippen molar-refractivity contribution in [3.63, 3.8) is 0 Å². The molecule has 0 rings (SSSR count). The third kappa shape index (κ3) is 18.2. The maximum absolute atomic E-state index is 12.5. The lowest BCUT2D eigenvalue weighted by Gasteiger charge is -2.34. The molecule has 0 aromatic carbocycles. The zero-order valence-corrected chi connectivity index (χ0v) is 26.1. The molecule has 0 radical (unpaired) electrons. The summed E-state index contributed by atoms with van der Waals surface area (Å²) in [5.41, 5.74) is 7.79. The highest BCUT2D eigenvalue weighted by atomic mass is 32.1. The van der Waals surface area contributed by atoms with E-state index in [0.29, 0.717) is 19.4 Å². The first-order chi connectivity index (χ1) is 17.3. The van der Waals surface area contributed by atoms with Crippen LogP contribution in [0.25, 0.3) is 0 Å². The molecule has 0 aliphatic heterocycles. The summed E-state index contributed by atoms with van der Waals surface area (Å²) < 4.78 is -0.731. The Hall–Kier alpha value is -1.78. The Kier molecular flexibility index (Phi) is 18.4. The van der Waals surface area contributed by atoms with Gasteiger partial charge < -0.3 is 5.11 Å². The van der Waals surface area contributed by atoms with Gasteiger partial charge in [-0.25, -0.2) is 0 Å². The van der Waals surface area contributed by atoms with E-state index in [1.165, 1.54) is 33.4 Å². The zero-order chi connectivity index (χ0) is 28.4. The van der Waals surface area contributed by atoms with Gasteiger partial charge in [0.15, 0.2) is 0 Å². The van der Waals surface area contributed by atoms with Crippen LogP contribution in [-0.2, 0) is 4.79 Å². The van der Waals surface area contributed by atoms with Gasteiger partial charge in [-0.1, -0.05) is 69.9 Å². The molecule has 37 heavy (non-hydrogen) atoms. The smallest absolute Gasteiger partial charge is 0.322 e. The highest BCUT2D eigenvalue weighted by molar-refractivity contribution is 7.82. The first kappa shape index (κ1) is 35.2. The normalized spacial score (nSPS) is 13.7. The van der Waals surface area contributed by atoms with E-state index in [-0.39, 0.29) is 0 Å². The number of carboxylic acids is 1. The van der Waals surface area contributed by atoms with Crippen LogP contribution in [0.4, 0.5) is 0 Å². The molecule has 4 heteroatoms. The minimum Gasteiger partial charge on any atom is -0.480 e. The lowest BCUT2D eigenvalue weighted by Crippen LogP contribution is -2.52. The number of allylic oxidation sites excluding steroid dienone is 11. The van der Waals surface area contributed by atoms with Crippen LogP contribution in [0, 0.1) is 0 Å². The molecular formula is C33H55NO2S. The molecule has 0 heterocycles. The summed E-state index contributed by atoms with van der Waals surface area (Å²) in [7, 11) is 0. The second kappa shape index (κ2) is 19.3. The molecule has 1 atom stereocenters. The Morgan fingerprint density at radius 3 is 1.35 bits per heavy atom. The van der Waals surface area contributed by atoms with Crippen molar-refractivity contribution in [3.8, 4) is 0 Å². The zero-order valence-electron chi connectivity index (χ0n) is 25.2.